The Labute approximate surface area is 198 Å². The molecule has 0 aliphatic carbocycles. The number of ether oxygens (including phenoxy) is 1. The number of amides is 2. The van der Waals surface area contributed by atoms with Crippen LogP contribution in [0, 0.1) is 5.82 Å². The number of fused-ring (bicyclic) bond motifs is 2. The monoisotopic (exact) mass is 479 g/mol. The lowest BCUT2D eigenvalue weighted by Gasteiger charge is -2.17. The normalized spacial score (nSPS) is 15.7. The van der Waals surface area contributed by atoms with E-state index in [0.717, 1.165) is 6.20 Å². The highest BCUT2D eigenvalue weighted by molar-refractivity contribution is 6.01. The number of aromatic nitrogens is 5. The maximum Gasteiger partial charge on any atom is 0.267 e. The third-order valence-electron chi connectivity index (χ3n) is 5.57. The standard InChI is InChI=1S/C22H22FN9O3/c1-10-5-28-20(33)14-9-30-32-17(24)16(11-4-15(26-6-11)21(34)25-2)18(31-19(14)32)27-7-12-3-13(23)8-29-22(12)35-10/h3-4,6,8-10,26H,5,7,24H2,1-2H3,(H,25,34)(H,27,31)(H,28,33)/t10-/m0/s1. The summed E-state index contributed by atoms with van der Waals surface area (Å²) in [6, 6.07) is 2.93. The van der Waals surface area contributed by atoms with Crippen LogP contribution in [0.2, 0.25) is 0 Å². The molecule has 0 aromatic carbocycles. The van der Waals surface area contributed by atoms with Crippen LogP contribution in [0.1, 0.15) is 33.3 Å². The van der Waals surface area contributed by atoms with Gasteiger partial charge in [0.25, 0.3) is 11.8 Å². The predicted octanol–water partition coefficient (Wildman–Crippen LogP) is 1.32. The van der Waals surface area contributed by atoms with Crippen LogP contribution in [0.4, 0.5) is 16.0 Å². The van der Waals surface area contributed by atoms with E-state index < -0.39 is 17.8 Å². The molecule has 5 rings (SSSR count). The van der Waals surface area contributed by atoms with Crippen LogP contribution in [-0.4, -0.2) is 56.1 Å². The summed E-state index contributed by atoms with van der Waals surface area (Å²) in [5, 5.41) is 12.8. The lowest BCUT2D eigenvalue weighted by Crippen LogP contribution is -2.33. The van der Waals surface area contributed by atoms with Crippen molar-refractivity contribution in [2.24, 2.45) is 0 Å². The molecule has 0 saturated carbocycles. The molecule has 5 heterocycles. The van der Waals surface area contributed by atoms with E-state index in [9.17, 15) is 14.0 Å². The SMILES string of the molecule is CNC(=O)c1cc(-c2c3nc4c(cnn4c2N)C(=O)NC[C@H](C)Oc2ncc(F)cc2CN3)c[nH]1. The number of hydrogen-bond acceptors (Lipinski definition) is 8. The molecule has 0 fully saturated rings. The highest BCUT2D eigenvalue weighted by Crippen LogP contribution is 2.35. The Morgan fingerprint density at radius 3 is 2.94 bits per heavy atom. The highest BCUT2D eigenvalue weighted by Gasteiger charge is 2.24. The first-order chi connectivity index (χ1) is 16.9. The molecule has 1 aliphatic rings. The summed E-state index contributed by atoms with van der Waals surface area (Å²) in [5.74, 6) is -0.526. The van der Waals surface area contributed by atoms with Gasteiger partial charge in [0.2, 0.25) is 5.88 Å². The van der Waals surface area contributed by atoms with E-state index in [1.54, 1.807) is 19.2 Å². The van der Waals surface area contributed by atoms with E-state index in [1.165, 1.54) is 23.8 Å². The number of hydrogen-bond donors (Lipinski definition) is 5. The minimum Gasteiger partial charge on any atom is -0.473 e. The molecule has 0 radical (unpaired) electrons. The van der Waals surface area contributed by atoms with Crippen LogP contribution < -0.4 is 26.4 Å². The number of nitrogens with two attached hydrogens (primary N) is 1. The van der Waals surface area contributed by atoms with Gasteiger partial charge in [-0.2, -0.15) is 9.61 Å². The van der Waals surface area contributed by atoms with Gasteiger partial charge in [0.05, 0.1) is 24.5 Å². The first kappa shape index (κ1) is 22.1. The number of nitrogen functional groups attached to an aromatic ring is 1. The van der Waals surface area contributed by atoms with Crippen LogP contribution >= 0.6 is 0 Å². The second-order valence-electron chi connectivity index (χ2n) is 8.01. The van der Waals surface area contributed by atoms with E-state index >= 15 is 0 Å². The zero-order chi connectivity index (χ0) is 24.7. The van der Waals surface area contributed by atoms with Crippen molar-refractivity contribution in [1.82, 2.24) is 35.2 Å². The van der Waals surface area contributed by atoms with Crippen molar-refractivity contribution in [3.63, 3.8) is 0 Å². The number of anilines is 2. The number of nitrogens with one attached hydrogen (secondary N) is 4. The first-order valence-corrected chi connectivity index (χ1v) is 10.8. The Morgan fingerprint density at radius 1 is 1.31 bits per heavy atom. The Balaban J connectivity index is 1.69. The lowest BCUT2D eigenvalue weighted by atomic mass is 10.1. The Morgan fingerprint density at radius 2 is 2.14 bits per heavy atom. The van der Waals surface area contributed by atoms with Crippen molar-refractivity contribution in [2.45, 2.75) is 19.6 Å². The number of halogens is 1. The molecule has 6 N–H and O–H groups in total. The van der Waals surface area contributed by atoms with Crippen LogP contribution in [0.5, 0.6) is 5.88 Å². The quantitative estimate of drug-likeness (QED) is 0.287. The molecule has 4 aromatic rings. The largest absolute Gasteiger partial charge is 0.473 e. The molecule has 1 atom stereocenters. The summed E-state index contributed by atoms with van der Waals surface area (Å²) in [7, 11) is 1.52. The maximum absolute atomic E-state index is 14.0. The van der Waals surface area contributed by atoms with Crippen molar-refractivity contribution in [2.75, 3.05) is 24.6 Å². The smallest absolute Gasteiger partial charge is 0.267 e. The second-order valence-corrected chi connectivity index (χ2v) is 8.01. The Bertz CT molecular complexity index is 1460. The molecule has 0 unspecified atom stereocenters. The van der Waals surface area contributed by atoms with Crippen LogP contribution in [0.25, 0.3) is 16.8 Å². The Hall–Kier alpha value is -4.68. The molecule has 4 aromatic heterocycles. The van der Waals surface area contributed by atoms with E-state index in [2.05, 4.69) is 36.0 Å². The van der Waals surface area contributed by atoms with Crippen molar-refractivity contribution in [1.29, 1.82) is 0 Å². The number of carbonyl (C=O) groups is 2. The molecular weight excluding hydrogens is 457 g/mol. The number of H-pyrrole nitrogens is 1. The predicted molar refractivity (Wildman–Crippen MR) is 125 cm³/mol. The van der Waals surface area contributed by atoms with Gasteiger partial charge in [0.1, 0.15) is 34.8 Å². The summed E-state index contributed by atoms with van der Waals surface area (Å²) >= 11 is 0. The molecule has 0 spiro atoms. The fraction of sp³-hybridized carbons (Fsp3) is 0.227. The molecule has 180 valence electrons. The van der Waals surface area contributed by atoms with E-state index in [4.69, 9.17) is 10.5 Å². The second kappa shape index (κ2) is 8.59. The third kappa shape index (κ3) is 3.96. The number of nitrogens with zero attached hydrogens (tertiary/aromatic N) is 4. The minimum absolute atomic E-state index is 0.0972. The molecular formula is C22H22FN9O3. The average Bonchev–Trinajstić information content (AvgIpc) is 3.49. The number of aromatic amines is 1. The molecule has 1 aliphatic heterocycles. The molecule has 12 nitrogen and oxygen atoms in total. The summed E-state index contributed by atoms with van der Waals surface area (Å²) < 4.78 is 21.2. The zero-order valence-corrected chi connectivity index (χ0v) is 18.8. The van der Waals surface area contributed by atoms with Gasteiger partial charge >= 0.3 is 0 Å². The van der Waals surface area contributed by atoms with Crippen molar-refractivity contribution in [3.05, 3.63) is 53.4 Å². The van der Waals surface area contributed by atoms with Gasteiger partial charge in [-0.25, -0.2) is 14.4 Å². The lowest BCUT2D eigenvalue weighted by molar-refractivity contribution is 0.0930. The van der Waals surface area contributed by atoms with Gasteiger partial charge in [-0.3, -0.25) is 9.59 Å². The van der Waals surface area contributed by atoms with E-state index in [0.29, 0.717) is 28.2 Å². The summed E-state index contributed by atoms with van der Waals surface area (Å²) in [6.07, 6.45) is 3.61. The van der Waals surface area contributed by atoms with Crippen molar-refractivity contribution < 1.29 is 18.7 Å². The fourth-order valence-corrected chi connectivity index (χ4v) is 3.84. The first-order valence-electron chi connectivity index (χ1n) is 10.8. The number of carbonyl (C=O) groups excluding carboxylic acids is 2. The van der Waals surface area contributed by atoms with Gasteiger partial charge in [0.15, 0.2) is 5.65 Å². The van der Waals surface area contributed by atoms with Crippen molar-refractivity contribution in [3.8, 4) is 17.0 Å². The number of rotatable bonds is 2. The number of pyridine rings is 1. The molecule has 0 saturated heterocycles. The summed E-state index contributed by atoms with van der Waals surface area (Å²) in [5.41, 5.74) is 8.71. The van der Waals surface area contributed by atoms with Gasteiger partial charge in [-0.1, -0.05) is 0 Å². The zero-order valence-electron chi connectivity index (χ0n) is 18.8. The molecule has 35 heavy (non-hydrogen) atoms. The van der Waals surface area contributed by atoms with Crippen molar-refractivity contribution >= 4 is 29.1 Å². The van der Waals surface area contributed by atoms with E-state index in [1.807, 2.05) is 0 Å². The summed E-state index contributed by atoms with van der Waals surface area (Å²) in [4.78, 5) is 36.6. The minimum atomic E-state index is -0.526. The van der Waals surface area contributed by atoms with Gasteiger partial charge in [-0.05, 0) is 19.1 Å². The van der Waals surface area contributed by atoms with Crippen LogP contribution in [0.15, 0.2) is 30.7 Å². The topological polar surface area (TPSA) is 164 Å². The Kier molecular flexibility index (Phi) is 5.43. The maximum atomic E-state index is 14.0. The van der Waals surface area contributed by atoms with Crippen LogP contribution in [0.3, 0.4) is 0 Å². The average molecular weight is 479 g/mol. The highest BCUT2D eigenvalue weighted by atomic mass is 19.1. The van der Waals surface area contributed by atoms with Gasteiger partial charge in [-0.15, -0.1) is 0 Å². The molecule has 2 bridgehead atoms. The van der Waals surface area contributed by atoms with Gasteiger partial charge < -0.3 is 31.4 Å². The third-order valence-corrected chi connectivity index (χ3v) is 5.57. The summed E-state index contributed by atoms with van der Waals surface area (Å²) in [6.45, 7) is 2.04. The van der Waals surface area contributed by atoms with Crippen LogP contribution in [-0.2, 0) is 6.54 Å². The molecule has 2 amide bonds. The van der Waals surface area contributed by atoms with E-state index in [-0.39, 0.29) is 41.9 Å². The fourth-order valence-electron chi connectivity index (χ4n) is 3.84. The molecule has 13 heteroatoms. The van der Waals surface area contributed by atoms with Gasteiger partial charge in [0, 0.05) is 30.9 Å².